The maximum atomic E-state index is 14.0. The van der Waals surface area contributed by atoms with E-state index in [1.807, 2.05) is 20.8 Å². The molecule has 242 valence electrons. The van der Waals surface area contributed by atoms with Crippen molar-refractivity contribution in [1.82, 2.24) is 25.3 Å². The van der Waals surface area contributed by atoms with Crippen LogP contribution in [0.4, 0.5) is 8.78 Å². The van der Waals surface area contributed by atoms with E-state index in [1.54, 1.807) is 4.90 Å². The van der Waals surface area contributed by atoms with Crippen molar-refractivity contribution in [3.8, 4) is 0 Å². The van der Waals surface area contributed by atoms with Gasteiger partial charge in [0.2, 0.25) is 23.6 Å². The lowest BCUT2D eigenvalue weighted by atomic mass is 9.91. The van der Waals surface area contributed by atoms with E-state index < -0.39 is 66.0 Å². The quantitative estimate of drug-likeness (QED) is 0.353. The highest BCUT2D eigenvalue weighted by Gasteiger charge is 2.47. The molecule has 4 aliphatic heterocycles. The van der Waals surface area contributed by atoms with Crippen molar-refractivity contribution in [2.45, 2.75) is 89.1 Å². The predicted molar refractivity (Wildman–Crippen MR) is 152 cm³/mol. The van der Waals surface area contributed by atoms with Crippen LogP contribution in [0, 0.1) is 17.0 Å². The summed E-state index contributed by atoms with van der Waals surface area (Å²) in [7, 11) is 0. The number of benzene rings is 1. The molecule has 4 aliphatic rings. The molecule has 1 aromatic rings. The molecule has 44 heavy (non-hydrogen) atoms. The number of piperazine rings is 1. The maximum Gasteiger partial charge on any atom is 0.244 e. The van der Waals surface area contributed by atoms with Gasteiger partial charge in [-0.05, 0) is 29.5 Å². The van der Waals surface area contributed by atoms with Crippen LogP contribution < -0.4 is 10.6 Å². The topological polar surface area (TPSA) is 152 Å². The largest absolute Gasteiger partial charge is 0.388 e. The summed E-state index contributed by atoms with van der Waals surface area (Å²) in [6.45, 7) is 6.15. The molecule has 0 aromatic heterocycles. The van der Waals surface area contributed by atoms with Crippen LogP contribution in [-0.2, 0) is 30.5 Å². The average Bonchev–Trinajstić information content (AvgIpc) is 3.46. The molecule has 1 aromatic carbocycles. The zero-order chi connectivity index (χ0) is 31.9. The fourth-order valence-electron chi connectivity index (χ4n) is 6.54. The van der Waals surface area contributed by atoms with Gasteiger partial charge in [-0.15, -0.1) is 0 Å². The Bertz CT molecular complexity index is 1290. The summed E-state index contributed by atoms with van der Waals surface area (Å²) in [5.74, 6) is -3.51. The van der Waals surface area contributed by atoms with Gasteiger partial charge in [-0.25, -0.2) is 8.78 Å². The third-order valence-electron chi connectivity index (χ3n) is 8.75. The van der Waals surface area contributed by atoms with Crippen molar-refractivity contribution in [3.05, 3.63) is 35.4 Å². The van der Waals surface area contributed by atoms with E-state index in [9.17, 15) is 38.2 Å². The number of ether oxygens (including phenoxy) is 1. The fourth-order valence-corrected chi connectivity index (χ4v) is 6.54. The number of rotatable bonds is 3. The zero-order valence-corrected chi connectivity index (χ0v) is 25.2. The molecule has 7 atom stereocenters. The number of amides is 4. The Morgan fingerprint density at radius 2 is 1.75 bits per heavy atom. The molecule has 14 heteroatoms. The fraction of sp³-hybridized carbons (Fsp3) is 0.667. The van der Waals surface area contributed by atoms with E-state index in [1.165, 1.54) is 15.9 Å². The van der Waals surface area contributed by atoms with E-state index in [4.69, 9.17) is 4.74 Å². The van der Waals surface area contributed by atoms with Crippen molar-refractivity contribution >= 4 is 23.6 Å². The minimum atomic E-state index is -1.36. The van der Waals surface area contributed by atoms with Gasteiger partial charge in [0.05, 0.1) is 25.1 Å². The lowest BCUT2D eigenvalue weighted by Crippen LogP contribution is -2.63. The Balaban J connectivity index is 1.44. The molecule has 5 rings (SSSR count). The Kier molecular flexibility index (Phi) is 9.26. The van der Waals surface area contributed by atoms with Crippen molar-refractivity contribution in [2.75, 3.05) is 32.7 Å². The molecule has 0 radical (unpaired) electrons. The molecule has 12 nitrogen and oxygen atoms in total. The first kappa shape index (κ1) is 32.2. The van der Waals surface area contributed by atoms with Crippen LogP contribution in [0.1, 0.15) is 45.6 Å². The lowest BCUT2D eigenvalue weighted by Gasteiger charge is -2.42. The summed E-state index contributed by atoms with van der Waals surface area (Å²) in [6, 6.07) is 1.28. The number of carbonyl (C=O) groups excluding carboxylic acids is 4. The monoisotopic (exact) mass is 621 g/mol. The van der Waals surface area contributed by atoms with Crippen molar-refractivity contribution in [1.29, 1.82) is 0 Å². The summed E-state index contributed by atoms with van der Waals surface area (Å²) < 4.78 is 33.4. The van der Waals surface area contributed by atoms with Gasteiger partial charge in [-0.2, -0.15) is 0 Å². The summed E-state index contributed by atoms with van der Waals surface area (Å²) >= 11 is 0. The van der Waals surface area contributed by atoms with Gasteiger partial charge >= 0.3 is 0 Å². The SMILES string of the molecule is CC(C)(C)CC(=O)N1CCN2C[C@H]1C(=O)NC[C@H]1O[C@@H](CC(=O)N[C@H]3C[C@@H](C2=O)N(Cc2ccc(F)c(F)c2)C3)[C@H](O)[C@@H]1O. The average molecular weight is 622 g/mol. The maximum absolute atomic E-state index is 14.0. The van der Waals surface area contributed by atoms with Gasteiger partial charge in [0.1, 0.15) is 24.4 Å². The lowest BCUT2D eigenvalue weighted by molar-refractivity contribution is -0.151. The third-order valence-corrected chi connectivity index (χ3v) is 8.75. The second kappa shape index (κ2) is 12.7. The van der Waals surface area contributed by atoms with Gasteiger partial charge in [-0.1, -0.05) is 26.8 Å². The number of fused-ring (bicyclic) bond motifs is 6. The molecule has 4 amide bonds. The first-order chi connectivity index (χ1) is 20.7. The summed E-state index contributed by atoms with van der Waals surface area (Å²) in [5, 5.41) is 26.8. The first-order valence-electron chi connectivity index (χ1n) is 15.0. The van der Waals surface area contributed by atoms with Gasteiger partial charge in [0.25, 0.3) is 0 Å². The van der Waals surface area contributed by atoms with Gasteiger partial charge in [-0.3, -0.25) is 24.1 Å². The minimum Gasteiger partial charge on any atom is -0.388 e. The van der Waals surface area contributed by atoms with E-state index in [-0.39, 0.29) is 75.8 Å². The second-order valence-corrected chi connectivity index (χ2v) is 13.5. The Morgan fingerprint density at radius 1 is 1.02 bits per heavy atom. The predicted octanol–water partition coefficient (Wildman–Crippen LogP) is -0.491. The highest BCUT2D eigenvalue weighted by molar-refractivity contribution is 5.90. The van der Waals surface area contributed by atoms with Crippen LogP contribution >= 0.6 is 0 Å². The molecule has 4 fully saturated rings. The Morgan fingerprint density at radius 3 is 2.45 bits per heavy atom. The van der Waals surface area contributed by atoms with Gasteiger partial charge < -0.3 is 35.4 Å². The van der Waals surface area contributed by atoms with E-state index >= 15 is 0 Å². The third kappa shape index (κ3) is 7.03. The number of aliphatic hydroxyl groups excluding tert-OH is 2. The van der Waals surface area contributed by atoms with E-state index in [0.717, 1.165) is 12.1 Å². The van der Waals surface area contributed by atoms with Crippen molar-refractivity contribution in [3.63, 3.8) is 0 Å². The normalized spacial score (nSPS) is 32.1. The smallest absolute Gasteiger partial charge is 0.244 e. The van der Waals surface area contributed by atoms with Crippen LogP contribution in [0.15, 0.2) is 18.2 Å². The molecular weight excluding hydrogens is 580 g/mol. The molecule has 4 N–H and O–H groups in total. The molecule has 0 aliphatic carbocycles. The number of nitrogens with one attached hydrogen (secondary N) is 2. The van der Waals surface area contributed by atoms with Crippen LogP contribution in [0.3, 0.4) is 0 Å². The number of halogens is 2. The van der Waals surface area contributed by atoms with Gasteiger partial charge in [0.15, 0.2) is 11.6 Å². The molecular formula is C30H41F2N5O7. The van der Waals surface area contributed by atoms with Crippen LogP contribution in [0.2, 0.25) is 0 Å². The first-order valence-corrected chi connectivity index (χ1v) is 15.0. The number of likely N-dealkylation sites (tertiary alicyclic amines) is 1. The Hall–Kier alpha value is -3.20. The summed E-state index contributed by atoms with van der Waals surface area (Å²) in [5.41, 5.74) is 0.104. The molecule has 0 unspecified atom stereocenters. The number of hydrogen-bond acceptors (Lipinski definition) is 8. The molecule has 0 spiro atoms. The molecule has 6 bridgehead atoms. The number of hydrogen-bond donors (Lipinski definition) is 4. The Labute approximate surface area is 254 Å². The van der Waals surface area contributed by atoms with Crippen LogP contribution in [0.25, 0.3) is 0 Å². The number of nitrogens with zero attached hydrogens (tertiary/aromatic N) is 3. The van der Waals surface area contributed by atoms with E-state index in [0.29, 0.717) is 5.56 Å². The molecule has 4 saturated heterocycles. The number of aliphatic hydroxyl groups is 2. The van der Waals surface area contributed by atoms with Crippen molar-refractivity contribution in [2.24, 2.45) is 5.41 Å². The minimum absolute atomic E-state index is 0.0770. The van der Waals surface area contributed by atoms with Crippen LogP contribution in [-0.4, -0.2) is 124 Å². The van der Waals surface area contributed by atoms with Gasteiger partial charge in [0, 0.05) is 45.2 Å². The van der Waals surface area contributed by atoms with Crippen molar-refractivity contribution < 1.29 is 42.9 Å². The molecule has 4 heterocycles. The molecule has 0 saturated carbocycles. The number of carbonyl (C=O) groups is 4. The van der Waals surface area contributed by atoms with E-state index in [2.05, 4.69) is 10.6 Å². The summed E-state index contributed by atoms with van der Waals surface area (Å²) in [4.78, 5) is 58.7. The highest BCUT2D eigenvalue weighted by Crippen LogP contribution is 2.28. The highest BCUT2D eigenvalue weighted by atomic mass is 19.2. The second-order valence-electron chi connectivity index (χ2n) is 13.5. The van der Waals surface area contributed by atoms with Crippen LogP contribution in [0.5, 0.6) is 0 Å². The summed E-state index contributed by atoms with van der Waals surface area (Å²) in [6.07, 6.45) is -4.58. The zero-order valence-electron chi connectivity index (χ0n) is 25.2. The standard InChI is InChI=1S/C30H41F2N5O7/c1-30(2,3)11-25(39)37-7-6-35-15-21(37)28(42)33-12-23-27(41)26(40)22(44-23)10-24(38)34-17-9-20(29(35)43)36(14-17)13-16-4-5-18(31)19(32)8-16/h4-5,8,17,20-23,26-27,40-41H,6-7,9-15H2,1-3H3,(H,33,42)(H,34,38)/t17-,20-,21-,22-,23+,26-,27+/m0/s1.